The lowest BCUT2D eigenvalue weighted by atomic mass is 9.77. The molecule has 1 aliphatic carbocycles. The Morgan fingerprint density at radius 3 is 2.31 bits per heavy atom. The first-order valence-electron chi connectivity index (χ1n) is 14.1. The average molecular weight is 585 g/mol. The van der Waals surface area contributed by atoms with Gasteiger partial charge >= 0.3 is 18.2 Å². The van der Waals surface area contributed by atoms with Gasteiger partial charge in [0.2, 0.25) is 0 Å². The summed E-state index contributed by atoms with van der Waals surface area (Å²) in [4.78, 5) is 25.6. The largest absolute Gasteiger partial charge is 0.486 e. The predicted octanol–water partition coefficient (Wildman–Crippen LogP) is 8.47. The Kier molecular flexibility index (Phi) is 8.43. The van der Waals surface area contributed by atoms with Gasteiger partial charge in [0.05, 0.1) is 23.5 Å². The lowest BCUT2D eigenvalue weighted by Crippen LogP contribution is -2.45. The molecule has 2 amide bonds. The first kappa shape index (κ1) is 29.4. The SMILES string of the molecule is CCC1CN(C(=O)Nc2ccc(F)cc2C(F)(F)F)c2ccc(-c3ccc(C4CCC(CC(=O)O)CC4)cc3)cc2O1. The van der Waals surface area contributed by atoms with Crippen LogP contribution in [0.3, 0.4) is 0 Å². The number of carboxylic acids is 1. The van der Waals surface area contributed by atoms with E-state index >= 15 is 0 Å². The molecule has 222 valence electrons. The highest BCUT2D eigenvalue weighted by molar-refractivity contribution is 6.03. The summed E-state index contributed by atoms with van der Waals surface area (Å²) in [5.74, 6) is -0.713. The summed E-state index contributed by atoms with van der Waals surface area (Å²) in [6.07, 6.45) is -0.682. The van der Waals surface area contributed by atoms with Crippen molar-refractivity contribution in [2.24, 2.45) is 5.92 Å². The zero-order valence-electron chi connectivity index (χ0n) is 23.1. The smallest absolute Gasteiger partial charge is 0.418 e. The summed E-state index contributed by atoms with van der Waals surface area (Å²) in [5, 5.41) is 11.4. The third kappa shape index (κ3) is 6.53. The van der Waals surface area contributed by atoms with Crippen LogP contribution in [0.2, 0.25) is 0 Å². The molecular formula is C32H32F4N2O4. The van der Waals surface area contributed by atoms with Crippen molar-refractivity contribution in [2.45, 2.75) is 63.6 Å². The second-order valence-electron chi connectivity index (χ2n) is 11.0. The lowest BCUT2D eigenvalue weighted by molar-refractivity contribution is -0.138. The highest BCUT2D eigenvalue weighted by Gasteiger charge is 2.36. The summed E-state index contributed by atoms with van der Waals surface area (Å²) in [6, 6.07) is 15.0. The Hall–Kier alpha value is -4.08. The molecule has 0 radical (unpaired) electrons. The second-order valence-corrected chi connectivity index (χ2v) is 11.0. The van der Waals surface area contributed by atoms with Crippen molar-refractivity contribution >= 4 is 23.4 Å². The minimum absolute atomic E-state index is 0.140. The average Bonchev–Trinajstić information content (AvgIpc) is 2.96. The fourth-order valence-electron chi connectivity index (χ4n) is 5.87. The van der Waals surface area contributed by atoms with E-state index in [9.17, 15) is 27.2 Å². The molecule has 1 fully saturated rings. The van der Waals surface area contributed by atoms with Gasteiger partial charge in [-0.25, -0.2) is 9.18 Å². The van der Waals surface area contributed by atoms with E-state index in [0.717, 1.165) is 48.9 Å². The number of nitrogens with one attached hydrogen (secondary N) is 1. The molecular weight excluding hydrogens is 552 g/mol. The molecule has 0 bridgehead atoms. The van der Waals surface area contributed by atoms with E-state index in [1.165, 1.54) is 10.5 Å². The van der Waals surface area contributed by atoms with Gasteiger partial charge < -0.3 is 15.2 Å². The number of anilines is 2. The normalized spacial score (nSPS) is 20.4. The van der Waals surface area contributed by atoms with Crippen molar-refractivity contribution in [3.63, 3.8) is 0 Å². The molecule has 1 aliphatic heterocycles. The molecule has 1 heterocycles. The molecule has 3 aromatic rings. The summed E-state index contributed by atoms with van der Waals surface area (Å²) >= 11 is 0. The maximum atomic E-state index is 13.6. The molecule has 10 heteroatoms. The Balaban J connectivity index is 1.34. The third-order valence-corrected chi connectivity index (χ3v) is 8.19. The van der Waals surface area contributed by atoms with Gasteiger partial charge in [-0.05, 0) is 91.0 Å². The molecule has 42 heavy (non-hydrogen) atoms. The number of amides is 2. The van der Waals surface area contributed by atoms with Crippen molar-refractivity contribution in [1.82, 2.24) is 0 Å². The fraction of sp³-hybridized carbons (Fsp3) is 0.375. The van der Waals surface area contributed by atoms with E-state index in [2.05, 4.69) is 17.4 Å². The number of carbonyl (C=O) groups is 2. The highest BCUT2D eigenvalue weighted by Crippen LogP contribution is 2.41. The first-order chi connectivity index (χ1) is 20.0. The van der Waals surface area contributed by atoms with E-state index in [1.807, 2.05) is 31.2 Å². The van der Waals surface area contributed by atoms with Crippen LogP contribution in [-0.2, 0) is 11.0 Å². The minimum Gasteiger partial charge on any atom is -0.486 e. The number of carbonyl (C=O) groups excluding carboxylic acids is 1. The van der Waals surface area contributed by atoms with Crippen LogP contribution in [0.5, 0.6) is 5.75 Å². The minimum atomic E-state index is -4.84. The highest BCUT2D eigenvalue weighted by atomic mass is 19.4. The molecule has 1 atom stereocenters. The van der Waals surface area contributed by atoms with Gasteiger partial charge in [-0.15, -0.1) is 0 Å². The zero-order valence-corrected chi connectivity index (χ0v) is 23.1. The van der Waals surface area contributed by atoms with E-state index in [1.54, 1.807) is 6.07 Å². The molecule has 6 nitrogen and oxygen atoms in total. The summed E-state index contributed by atoms with van der Waals surface area (Å²) < 4.78 is 60.2. The molecule has 0 saturated heterocycles. The van der Waals surface area contributed by atoms with Crippen LogP contribution in [0.1, 0.15) is 62.5 Å². The van der Waals surface area contributed by atoms with Gasteiger partial charge in [0.1, 0.15) is 17.7 Å². The number of hydrogen-bond acceptors (Lipinski definition) is 3. The van der Waals surface area contributed by atoms with Crippen LogP contribution in [0, 0.1) is 11.7 Å². The molecule has 2 aliphatic rings. The number of nitrogens with zero attached hydrogens (tertiary/aromatic N) is 1. The topological polar surface area (TPSA) is 78.9 Å². The number of carboxylic acid groups (broad SMARTS) is 1. The summed E-state index contributed by atoms with van der Waals surface area (Å²) in [7, 11) is 0. The summed E-state index contributed by atoms with van der Waals surface area (Å²) in [6.45, 7) is 2.03. The van der Waals surface area contributed by atoms with Crippen molar-refractivity contribution < 1.29 is 37.0 Å². The van der Waals surface area contributed by atoms with Gasteiger partial charge in [-0.1, -0.05) is 37.3 Å². The number of alkyl halides is 3. The van der Waals surface area contributed by atoms with Gasteiger partial charge in [0, 0.05) is 6.42 Å². The van der Waals surface area contributed by atoms with Crippen LogP contribution < -0.4 is 15.0 Å². The van der Waals surface area contributed by atoms with Crippen molar-refractivity contribution in [3.05, 3.63) is 77.6 Å². The zero-order chi connectivity index (χ0) is 30.0. The monoisotopic (exact) mass is 584 g/mol. The molecule has 1 unspecified atom stereocenters. The number of halogens is 4. The number of fused-ring (bicyclic) bond motifs is 1. The van der Waals surface area contributed by atoms with Gasteiger partial charge in [0.15, 0.2) is 0 Å². The van der Waals surface area contributed by atoms with Crippen LogP contribution >= 0.6 is 0 Å². The quantitative estimate of drug-likeness (QED) is 0.285. The second kappa shape index (κ2) is 12.0. The van der Waals surface area contributed by atoms with Crippen molar-refractivity contribution in [2.75, 3.05) is 16.8 Å². The predicted molar refractivity (Wildman–Crippen MR) is 151 cm³/mol. The van der Waals surface area contributed by atoms with Crippen molar-refractivity contribution in [1.29, 1.82) is 0 Å². The first-order valence-corrected chi connectivity index (χ1v) is 14.1. The molecule has 0 aromatic heterocycles. The molecule has 1 saturated carbocycles. The maximum Gasteiger partial charge on any atom is 0.418 e. The van der Waals surface area contributed by atoms with Crippen LogP contribution in [0.25, 0.3) is 11.1 Å². The Bertz CT molecular complexity index is 1450. The van der Waals surface area contributed by atoms with Crippen LogP contribution in [0.15, 0.2) is 60.7 Å². The summed E-state index contributed by atoms with van der Waals surface area (Å²) in [5.41, 5.74) is 1.66. The Morgan fingerprint density at radius 1 is 0.976 bits per heavy atom. The standard InChI is InChI=1S/C32H32F4N2O4/c1-2-25-18-38(31(41)37-27-13-12-24(33)17-26(27)32(34,35)36)28-14-11-23(16-29(28)42-25)22-9-7-21(8-10-22)20-5-3-19(4-6-20)15-30(39)40/h7-14,16-17,19-20,25H,2-6,15,18H2,1H3,(H,37,41)(H,39,40). The van der Waals surface area contributed by atoms with E-state index in [-0.39, 0.29) is 25.0 Å². The molecule has 3 aromatic carbocycles. The molecule has 5 rings (SSSR count). The number of rotatable bonds is 6. The number of urea groups is 1. The number of ether oxygens (including phenoxy) is 1. The third-order valence-electron chi connectivity index (χ3n) is 8.19. The Morgan fingerprint density at radius 2 is 1.67 bits per heavy atom. The van der Waals surface area contributed by atoms with Gasteiger partial charge in [-0.2, -0.15) is 13.2 Å². The molecule has 2 N–H and O–H groups in total. The van der Waals surface area contributed by atoms with E-state index in [4.69, 9.17) is 9.84 Å². The molecule has 0 spiro atoms. The number of hydrogen-bond donors (Lipinski definition) is 2. The Labute approximate surface area is 241 Å². The van der Waals surface area contributed by atoms with Gasteiger partial charge in [-0.3, -0.25) is 9.69 Å². The van der Waals surface area contributed by atoms with Gasteiger partial charge in [0.25, 0.3) is 0 Å². The van der Waals surface area contributed by atoms with E-state index in [0.29, 0.717) is 29.8 Å². The number of benzene rings is 3. The fourth-order valence-corrected chi connectivity index (χ4v) is 5.87. The van der Waals surface area contributed by atoms with Crippen LogP contribution in [-0.4, -0.2) is 29.8 Å². The van der Waals surface area contributed by atoms with E-state index < -0.39 is 35.2 Å². The number of aliphatic carboxylic acids is 1. The van der Waals surface area contributed by atoms with Crippen molar-refractivity contribution in [3.8, 4) is 16.9 Å². The maximum absolute atomic E-state index is 13.6. The van der Waals surface area contributed by atoms with Crippen LogP contribution in [0.4, 0.5) is 33.7 Å². The lowest BCUT2D eigenvalue weighted by Gasteiger charge is -2.35.